The Morgan fingerprint density at radius 2 is 2.03 bits per heavy atom. The monoisotopic (exact) mass is 505 g/mol. The van der Waals surface area contributed by atoms with Crippen LogP contribution in [0, 0.1) is 22.7 Å². The Morgan fingerprint density at radius 3 is 2.69 bits per heavy atom. The highest BCUT2D eigenvalue weighted by molar-refractivity contribution is 7.16. The Morgan fingerprint density at radius 1 is 1.28 bits per heavy atom. The molecule has 0 radical (unpaired) electrons. The highest BCUT2D eigenvalue weighted by Gasteiger charge is 2.33. The van der Waals surface area contributed by atoms with Crippen LogP contribution in [-0.4, -0.2) is 20.5 Å². The first-order valence-electron chi connectivity index (χ1n) is 11.8. The Bertz CT molecular complexity index is 1490. The summed E-state index contributed by atoms with van der Waals surface area (Å²) in [5, 5.41) is 17.2. The van der Waals surface area contributed by atoms with Crippen molar-refractivity contribution >= 4 is 27.9 Å². The van der Waals surface area contributed by atoms with E-state index in [1.807, 2.05) is 6.07 Å². The molecule has 1 unspecified atom stereocenters. The molecule has 0 fully saturated rings. The third kappa shape index (κ3) is 4.26. The maximum atomic E-state index is 13.9. The minimum Gasteiger partial charge on any atom is -0.312 e. The number of hydrogen-bond acceptors (Lipinski definition) is 5. The zero-order chi connectivity index (χ0) is 25.6. The fraction of sp³-hybridized carbons (Fsp3) is 0.333. The van der Waals surface area contributed by atoms with Crippen molar-refractivity contribution in [3.63, 3.8) is 0 Å². The topological polar surface area (TPSA) is 83.1 Å². The number of nitrogens with zero attached hydrogens (tertiary/aromatic N) is 4. The highest BCUT2D eigenvalue weighted by Crippen LogP contribution is 2.44. The lowest BCUT2D eigenvalue weighted by Crippen LogP contribution is -2.26. The second-order valence-electron chi connectivity index (χ2n) is 10.1. The summed E-state index contributed by atoms with van der Waals surface area (Å²) in [6, 6.07) is 12.5. The normalized spacial score (nSPS) is 15.6. The molecule has 3 aromatic heterocycles. The molecule has 36 heavy (non-hydrogen) atoms. The number of hydrogen-bond donors (Lipinski definition) is 1. The van der Waals surface area contributed by atoms with E-state index in [1.165, 1.54) is 23.6 Å². The van der Waals surface area contributed by atoms with Crippen molar-refractivity contribution in [3.05, 3.63) is 69.9 Å². The van der Waals surface area contributed by atoms with Crippen LogP contribution in [0.1, 0.15) is 65.7 Å². The van der Waals surface area contributed by atoms with E-state index in [9.17, 15) is 18.8 Å². The number of nitrogens with one attached hydrogen (secondary N) is 1. The van der Waals surface area contributed by atoms with E-state index >= 15 is 0 Å². The van der Waals surface area contributed by atoms with Crippen molar-refractivity contribution in [2.24, 2.45) is 11.3 Å². The third-order valence-electron chi connectivity index (χ3n) is 6.87. The van der Waals surface area contributed by atoms with E-state index in [2.05, 4.69) is 42.2 Å². The number of carbonyl (C=O) groups excluding carboxylic acids is 1. The highest BCUT2D eigenvalue weighted by atomic mass is 32.1. The quantitative estimate of drug-likeness (QED) is 0.336. The van der Waals surface area contributed by atoms with Gasteiger partial charge in [-0.2, -0.15) is 10.4 Å². The minimum atomic E-state index is -2.81. The number of anilines is 1. The van der Waals surface area contributed by atoms with Crippen molar-refractivity contribution in [1.82, 2.24) is 14.6 Å². The summed E-state index contributed by atoms with van der Waals surface area (Å²) >= 11 is 1.42. The van der Waals surface area contributed by atoms with Gasteiger partial charge in [0.15, 0.2) is 5.65 Å². The number of thiophene rings is 1. The van der Waals surface area contributed by atoms with E-state index in [-0.39, 0.29) is 22.3 Å². The molecule has 4 aromatic rings. The van der Waals surface area contributed by atoms with Crippen LogP contribution >= 0.6 is 11.3 Å². The van der Waals surface area contributed by atoms with Gasteiger partial charge in [-0.15, -0.1) is 11.3 Å². The number of carbonyl (C=O) groups is 1. The molecule has 0 saturated heterocycles. The molecule has 1 aliphatic carbocycles. The fourth-order valence-electron chi connectivity index (χ4n) is 4.76. The molecule has 1 atom stereocenters. The standard InChI is InChI=1S/C27H25F2N5OS/c1-27(2,3)16-9-10-17-18(13-30)26(36-22(17)11-16)33-25(35)19-14-31-34-21(23(28)29)12-20(32-24(19)34)15-7-5-4-6-8-15/h4-8,12,14,16,23H,9-11H2,1-3H3,(H,33,35). The second-order valence-corrected chi connectivity index (χ2v) is 11.2. The Balaban J connectivity index is 1.52. The van der Waals surface area contributed by atoms with Crippen molar-refractivity contribution in [2.75, 3.05) is 5.32 Å². The molecular formula is C27H25F2N5OS. The largest absolute Gasteiger partial charge is 0.312 e. The van der Waals surface area contributed by atoms with E-state index < -0.39 is 12.3 Å². The molecular weight excluding hydrogens is 480 g/mol. The molecule has 9 heteroatoms. The molecule has 1 N–H and O–H groups in total. The smallest absolute Gasteiger partial charge is 0.280 e. The lowest BCUT2D eigenvalue weighted by Gasteiger charge is -2.33. The molecule has 3 heterocycles. The summed E-state index contributed by atoms with van der Waals surface area (Å²) in [4.78, 5) is 19.0. The maximum Gasteiger partial charge on any atom is 0.280 e. The van der Waals surface area contributed by atoms with Crippen LogP contribution in [0.25, 0.3) is 16.9 Å². The lowest BCUT2D eigenvalue weighted by molar-refractivity contribution is 0.102. The number of halogens is 2. The van der Waals surface area contributed by atoms with Crippen LogP contribution in [0.4, 0.5) is 13.8 Å². The van der Waals surface area contributed by atoms with Gasteiger partial charge in [0.2, 0.25) is 0 Å². The van der Waals surface area contributed by atoms with Crippen LogP contribution in [0.15, 0.2) is 42.6 Å². The van der Waals surface area contributed by atoms with Crippen LogP contribution in [0.3, 0.4) is 0 Å². The van der Waals surface area contributed by atoms with Crippen molar-refractivity contribution < 1.29 is 13.6 Å². The molecule has 0 spiro atoms. The molecule has 184 valence electrons. The Hall–Kier alpha value is -3.64. The number of rotatable bonds is 4. The van der Waals surface area contributed by atoms with Gasteiger partial charge in [0, 0.05) is 10.4 Å². The van der Waals surface area contributed by atoms with Gasteiger partial charge in [0.1, 0.15) is 22.3 Å². The minimum absolute atomic E-state index is 0.0387. The Kier molecular flexibility index (Phi) is 6.08. The molecule has 0 saturated carbocycles. The number of nitriles is 1. The lowest BCUT2D eigenvalue weighted by atomic mass is 9.72. The van der Waals surface area contributed by atoms with E-state index in [0.29, 0.717) is 27.7 Å². The van der Waals surface area contributed by atoms with Gasteiger partial charge in [0.05, 0.1) is 17.5 Å². The molecule has 5 rings (SSSR count). The average molecular weight is 506 g/mol. The first-order valence-corrected chi connectivity index (χ1v) is 12.6. The molecule has 1 amide bonds. The van der Waals surface area contributed by atoms with Gasteiger partial charge in [-0.3, -0.25) is 4.79 Å². The second kappa shape index (κ2) is 9.10. The van der Waals surface area contributed by atoms with Crippen molar-refractivity contribution in [2.45, 2.75) is 46.5 Å². The number of aromatic nitrogens is 3. The molecule has 1 aliphatic rings. The number of fused-ring (bicyclic) bond motifs is 2. The molecule has 6 nitrogen and oxygen atoms in total. The van der Waals surface area contributed by atoms with Gasteiger partial charge in [0.25, 0.3) is 12.3 Å². The first kappa shape index (κ1) is 24.1. The SMILES string of the molecule is CC(C)(C)C1CCc2c(sc(NC(=O)c3cnn4c(C(F)F)cc(-c5ccccc5)nc34)c2C#N)C1. The molecule has 0 bridgehead atoms. The summed E-state index contributed by atoms with van der Waals surface area (Å²) in [5.41, 5.74) is 2.37. The predicted molar refractivity (Wildman–Crippen MR) is 135 cm³/mol. The van der Waals surface area contributed by atoms with Crippen LogP contribution in [0.2, 0.25) is 0 Å². The zero-order valence-electron chi connectivity index (χ0n) is 20.2. The van der Waals surface area contributed by atoms with Crippen LogP contribution in [-0.2, 0) is 12.8 Å². The van der Waals surface area contributed by atoms with Gasteiger partial charge >= 0.3 is 0 Å². The number of benzene rings is 1. The molecule has 0 aliphatic heterocycles. The van der Waals surface area contributed by atoms with Gasteiger partial charge < -0.3 is 5.32 Å². The van der Waals surface area contributed by atoms with Crippen LogP contribution in [0.5, 0.6) is 0 Å². The fourth-order valence-corrected chi connectivity index (χ4v) is 6.03. The summed E-state index contributed by atoms with van der Waals surface area (Å²) in [6.07, 6.45) is 1.09. The van der Waals surface area contributed by atoms with E-state index in [4.69, 9.17) is 0 Å². The first-order chi connectivity index (χ1) is 17.2. The summed E-state index contributed by atoms with van der Waals surface area (Å²) in [7, 11) is 0. The van der Waals surface area contributed by atoms with Gasteiger partial charge in [-0.25, -0.2) is 18.3 Å². The number of alkyl halides is 2. The van der Waals surface area contributed by atoms with E-state index in [1.54, 1.807) is 24.3 Å². The van der Waals surface area contributed by atoms with Crippen LogP contribution < -0.4 is 5.32 Å². The van der Waals surface area contributed by atoms with Gasteiger partial charge in [-0.1, -0.05) is 51.1 Å². The predicted octanol–water partition coefficient (Wildman–Crippen LogP) is 6.67. The average Bonchev–Trinajstić information content (AvgIpc) is 3.43. The third-order valence-corrected chi connectivity index (χ3v) is 8.04. The van der Waals surface area contributed by atoms with Crippen molar-refractivity contribution in [1.29, 1.82) is 5.26 Å². The summed E-state index contributed by atoms with van der Waals surface area (Å²) in [6.45, 7) is 6.67. The Labute approximate surface area is 211 Å². The summed E-state index contributed by atoms with van der Waals surface area (Å²) in [5.74, 6) is -0.0443. The zero-order valence-corrected chi connectivity index (χ0v) is 21.0. The summed E-state index contributed by atoms with van der Waals surface area (Å²) < 4.78 is 28.7. The van der Waals surface area contributed by atoms with Crippen molar-refractivity contribution in [3.8, 4) is 17.3 Å². The number of amides is 1. The maximum absolute atomic E-state index is 13.9. The molecule has 1 aromatic carbocycles. The van der Waals surface area contributed by atoms with E-state index in [0.717, 1.165) is 34.2 Å². The van der Waals surface area contributed by atoms with Gasteiger partial charge in [-0.05, 0) is 42.2 Å².